The summed E-state index contributed by atoms with van der Waals surface area (Å²) >= 11 is 0. The topological polar surface area (TPSA) is 23.4 Å². The van der Waals surface area contributed by atoms with Crippen LogP contribution >= 0.6 is 0 Å². The van der Waals surface area contributed by atoms with E-state index in [9.17, 15) is 0 Å². The fourth-order valence-electron chi connectivity index (χ4n) is 4.13. The van der Waals surface area contributed by atoms with E-state index in [0.717, 1.165) is 50.6 Å². The van der Waals surface area contributed by atoms with Crippen LogP contribution in [0.25, 0.3) is 10.9 Å². The van der Waals surface area contributed by atoms with Gasteiger partial charge in [0.05, 0.1) is 12.2 Å². The molecule has 0 radical (unpaired) electrons. The third-order valence-corrected chi connectivity index (χ3v) is 5.99. The van der Waals surface area contributed by atoms with Crippen LogP contribution in [0.3, 0.4) is 0 Å². The molecule has 0 saturated carbocycles. The van der Waals surface area contributed by atoms with E-state index in [1.807, 2.05) is 0 Å². The van der Waals surface area contributed by atoms with Crippen molar-refractivity contribution in [1.29, 1.82) is 0 Å². The molecule has 1 aliphatic rings. The molecular formula is C26H32N4. The molecule has 4 rings (SSSR count). The summed E-state index contributed by atoms with van der Waals surface area (Å²) in [7, 11) is 2.21. The Morgan fingerprint density at radius 1 is 1.00 bits per heavy atom. The minimum Gasteiger partial charge on any atom is -0.374 e. The van der Waals surface area contributed by atoms with Crippen molar-refractivity contribution in [2.45, 2.75) is 26.9 Å². The van der Waals surface area contributed by atoms with Gasteiger partial charge in [0.25, 0.3) is 0 Å². The lowest BCUT2D eigenvalue weighted by Crippen LogP contribution is -2.43. The summed E-state index contributed by atoms with van der Waals surface area (Å²) in [5.41, 5.74) is 6.18. The zero-order valence-electron chi connectivity index (χ0n) is 18.4. The van der Waals surface area contributed by atoms with Gasteiger partial charge in [0.1, 0.15) is 0 Å². The first-order valence-electron chi connectivity index (χ1n) is 11.0. The van der Waals surface area contributed by atoms with Gasteiger partial charge in [-0.3, -0.25) is 4.90 Å². The molecule has 1 aromatic heterocycles. The zero-order valence-corrected chi connectivity index (χ0v) is 18.4. The molecule has 2 heterocycles. The highest BCUT2D eigenvalue weighted by Crippen LogP contribution is 2.25. The van der Waals surface area contributed by atoms with Gasteiger partial charge >= 0.3 is 0 Å². The van der Waals surface area contributed by atoms with Gasteiger partial charge in [-0.05, 0) is 56.6 Å². The number of likely N-dealkylation sites (N-methyl/N-ethyl adjacent to an activating group) is 1. The van der Waals surface area contributed by atoms with E-state index in [1.54, 1.807) is 0 Å². The predicted molar refractivity (Wildman–Crippen MR) is 127 cm³/mol. The third kappa shape index (κ3) is 4.70. The summed E-state index contributed by atoms with van der Waals surface area (Å²) in [5.74, 6) is 6.71. The normalized spacial score (nSPS) is 15.2. The van der Waals surface area contributed by atoms with Crippen LogP contribution in [0, 0.1) is 18.8 Å². The van der Waals surface area contributed by atoms with Gasteiger partial charge in [0, 0.05) is 55.9 Å². The highest BCUT2D eigenvalue weighted by molar-refractivity contribution is 5.85. The molecule has 0 bridgehead atoms. The Morgan fingerprint density at radius 3 is 2.50 bits per heavy atom. The molecule has 30 heavy (non-hydrogen) atoms. The van der Waals surface area contributed by atoms with E-state index in [4.69, 9.17) is 0 Å². The van der Waals surface area contributed by atoms with Gasteiger partial charge in [0.15, 0.2) is 0 Å². The Labute approximate surface area is 180 Å². The number of nitrogens with one attached hydrogen (secondary N) is 1. The van der Waals surface area contributed by atoms with Crippen LogP contribution in [0.4, 0.5) is 5.69 Å². The van der Waals surface area contributed by atoms with Gasteiger partial charge in [-0.1, -0.05) is 35.7 Å². The lowest BCUT2D eigenvalue weighted by Gasteiger charge is -2.32. The molecule has 0 atom stereocenters. The second-order valence-electron chi connectivity index (χ2n) is 8.22. The van der Waals surface area contributed by atoms with E-state index in [0.29, 0.717) is 6.54 Å². The molecule has 0 amide bonds. The van der Waals surface area contributed by atoms with Crippen molar-refractivity contribution in [1.82, 2.24) is 14.4 Å². The number of nitrogens with zero attached hydrogens (tertiary/aromatic N) is 3. The quantitative estimate of drug-likeness (QED) is 0.650. The lowest BCUT2D eigenvalue weighted by molar-refractivity contribution is 0.148. The van der Waals surface area contributed by atoms with Crippen LogP contribution in [0.5, 0.6) is 0 Å². The molecule has 4 heteroatoms. The number of aromatic nitrogens is 1. The Kier molecular flexibility index (Phi) is 6.42. The standard InChI is InChI=1S/C26H32N4/c1-4-30-24(8-6-14-27-23-12-10-21(2)11-13-23)19-25-22(7-5-9-26(25)30)20-29-17-15-28(3)16-18-29/h5,7,9-13,19,27H,4,14-18,20H2,1-3H3. The van der Waals surface area contributed by atoms with Crippen molar-refractivity contribution in [3.8, 4) is 11.8 Å². The molecule has 0 unspecified atom stereocenters. The van der Waals surface area contributed by atoms with E-state index in [1.165, 1.54) is 22.0 Å². The van der Waals surface area contributed by atoms with Crippen molar-refractivity contribution in [2.24, 2.45) is 0 Å². The molecule has 3 aromatic rings. The van der Waals surface area contributed by atoms with Gasteiger partial charge in [-0.25, -0.2) is 0 Å². The molecule has 1 aliphatic heterocycles. The monoisotopic (exact) mass is 400 g/mol. The molecule has 0 spiro atoms. The van der Waals surface area contributed by atoms with Crippen LogP contribution in [0.1, 0.15) is 23.7 Å². The first kappa shape index (κ1) is 20.5. The number of hydrogen-bond donors (Lipinski definition) is 1. The second-order valence-corrected chi connectivity index (χ2v) is 8.22. The number of piperazine rings is 1. The summed E-state index contributed by atoms with van der Waals surface area (Å²) in [6, 6.07) is 17.4. The molecule has 156 valence electrons. The largest absolute Gasteiger partial charge is 0.374 e. The molecule has 4 nitrogen and oxygen atoms in total. The Hall–Kier alpha value is -2.74. The maximum Gasteiger partial charge on any atom is 0.0931 e. The molecular weight excluding hydrogens is 368 g/mol. The summed E-state index contributed by atoms with van der Waals surface area (Å²) in [6.07, 6.45) is 0. The number of anilines is 1. The van der Waals surface area contributed by atoms with E-state index in [2.05, 4.69) is 101 Å². The highest BCUT2D eigenvalue weighted by atomic mass is 15.2. The van der Waals surface area contributed by atoms with Crippen molar-refractivity contribution in [3.05, 3.63) is 65.4 Å². The fraction of sp³-hybridized carbons (Fsp3) is 0.385. The Morgan fingerprint density at radius 2 is 1.77 bits per heavy atom. The minimum absolute atomic E-state index is 0.641. The van der Waals surface area contributed by atoms with Crippen molar-refractivity contribution >= 4 is 16.6 Å². The Balaban J connectivity index is 1.51. The average molecular weight is 401 g/mol. The maximum absolute atomic E-state index is 3.40. The van der Waals surface area contributed by atoms with E-state index < -0.39 is 0 Å². The van der Waals surface area contributed by atoms with E-state index >= 15 is 0 Å². The van der Waals surface area contributed by atoms with Gasteiger partial charge < -0.3 is 14.8 Å². The van der Waals surface area contributed by atoms with E-state index in [-0.39, 0.29) is 0 Å². The smallest absolute Gasteiger partial charge is 0.0931 e. The summed E-state index contributed by atoms with van der Waals surface area (Å²) < 4.78 is 2.34. The fourth-order valence-corrected chi connectivity index (χ4v) is 4.13. The molecule has 2 aromatic carbocycles. The van der Waals surface area contributed by atoms with Gasteiger partial charge in [-0.15, -0.1) is 0 Å². The summed E-state index contributed by atoms with van der Waals surface area (Å²) in [6.45, 7) is 11.5. The van der Waals surface area contributed by atoms with Crippen LogP contribution < -0.4 is 5.32 Å². The molecule has 1 fully saturated rings. The zero-order chi connectivity index (χ0) is 20.9. The first-order valence-corrected chi connectivity index (χ1v) is 11.0. The predicted octanol–water partition coefficient (Wildman–Crippen LogP) is 4.18. The lowest BCUT2D eigenvalue weighted by atomic mass is 10.1. The van der Waals surface area contributed by atoms with Gasteiger partial charge in [-0.2, -0.15) is 0 Å². The summed E-state index contributed by atoms with van der Waals surface area (Å²) in [4.78, 5) is 4.97. The summed E-state index contributed by atoms with van der Waals surface area (Å²) in [5, 5.41) is 4.73. The highest BCUT2D eigenvalue weighted by Gasteiger charge is 2.16. The number of aryl methyl sites for hydroxylation is 2. The van der Waals surface area contributed by atoms with Crippen molar-refractivity contribution in [2.75, 3.05) is 45.1 Å². The second kappa shape index (κ2) is 9.38. The van der Waals surface area contributed by atoms with Crippen LogP contribution in [-0.2, 0) is 13.1 Å². The number of rotatable bonds is 5. The molecule has 1 saturated heterocycles. The van der Waals surface area contributed by atoms with Crippen LogP contribution in [0.15, 0.2) is 48.5 Å². The van der Waals surface area contributed by atoms with Crippen LogP contribution in [-0.4, -0.2) is 54.1 Å². The first-order chi connectivity index (χ1) is 14.6. The SMILES string of the molecule is CCn1c(C#CCNc2ccc(C)cc2)cc2c(CN3CCN(C)CC3)cccc21. The van der Waals surface area contributed by atoms with Gasteiger partial charge in [0.2, 0.25) is 0 Å². The number of fused-ring (bicyclic) bond motifs is 1. The Bertz CT molecular complexity index is 1040. The average Bonchev–Trinajstić information content (AvgIpc) is 3.12. The van der Waals surface area contributed by atoms with Crippen molar-refractivity contribution in [3.63, 3.8) is 0 Å². The van der Waals surface area contributed by atoms with Crippen molar-refractivity contribution < 1.29 is 0 Å². The molecule has 1 N–H and O–H groups in total. The van der Waals surface area contributed by atoms with Crippen LogP contribution in [0.2, 0.25) is 0 Å². The molecule has 0 aliphatic carbocycles. The number of benzene rings is 2. The number of hydrogen-bond acceptors (Lipinski definition) is 3. The third-order valence-electron chi connectivity index (χ3n) is 5.99. The maximum atomic E-state index is 3.40. The minimum atomic E-state index is 0.641.